The first-order valence-electron chi connectivity index (χ1n) is 10.7. The number of carbonyl (C=O) groups excluding carboxylic acids is 1. The number of benzene rings is 2. The summed E-state index contributed by atoms with van der Waals surface area (Å²) >= 11 is 3.36. The first-order chi connectivity index (χ1) is 15.3. The molecule has 2 aromatic rings. The van der Waals surface area contributed by atoms with E-state index < -0.39 is 10.0 Å². The van der Waals surface area contributed by atoms with Crippen molar-refractivity contribution >= 4 is 31.9 Å². The van der Waals surface area contributed by atoms with Gasteiger partial charge < -0.3 is 14.8 Å². The molecule has 0 aromatic heterocycles. The number of halogens is 1. The van der Waals surface area contributed by atoms with Crippen molar-refractivity contribution in [3.05, 3.63) is 58.1 Å². The van der Waals surface area contributed by atoms with E-state index in [2.05, 4.69) is 21.2 Å². The number of nitrogens with one attached hydrogen (secondary N) is 1. The van der Waals surface area contributed by atoms with Gasteiger partial charge >= 0.3 is 0 Å². The number of amides is 1. The van der Waals surface area contributed by atoms with Crippen molar-refractivity contribution in [2.75, 3.05) is 26.3 Å². The van der Waals surface area contributed by atoms with Gasteiger partial charge in [-0.15, -0.1) is 0 Å². The Bertz CT molecular complexity index is 1070. The zero-order chi connectivity index (χ0) is 22.7. The molecule has 2 aliphatic rings. The normalized spacial score (nSPS) is 18.2. The van der Waals surface area contributed by atoms with Crippen molar-refractivity contribution in [1.82, 2.24) is 9.62 Å². The number of piperidine rings is 1. The molecule has 0 saturated carbocycles. The first kappa shape index (κ1) is 23.1. The van der Waals surface area contributed by atoms with Crippen molar-refractivity contribution in [3.63, 3.8) is 0 Å². The third kappa shape index (κ3) is 5.44. The van der Waals surface area contributed by atoms with E-state index in [1.165, 1.54) is 4.31 Å². The van der Waals surface area contributed by atoms with Gasteiger partial charge in [-0.05, 0) is 55.2 Å². The number of nitrogens with zero attached hydrogens (tertiary/aromatic N) is 1. The molecule has 0 radical (unpaired) electrons. The van der Waals surface area contributed by atoms with Crippen LogP contribution in [0.2, 0.25) is 0 Å². The number of carbonyl (C=O) groups is 1. The first-order valence-corrected chi connectivity index (χ1v) is 13.1. The molecular formula is C23H27BrN2O5S. The lowest BCUT2D eigenvalue weighted by molar-refractivity contribution is -0.126. The Hall–Kier alpha value is -2.10. The maximum absolute atomic E-state index is 12.8. The Balaban J connectivity index is 1.30. The summed E-state index contributed by atoms with van der Waals surface area (Å²) in [6, 6.07) is 12.8. The van der Waals surface area contributed by atoms with Crippen LogP contribution in [0.25, 0.3) is 0 Å². The monoisotopic (exact) mass is 522 g/mol. The second kappa shape index (κ2) is 9.80. The largest absolute Gasteiger partial charge is 0.486 e. The lowest BCUT2D eigenvalue weighted by Crippen LogP contribution is -2.43. The van der Waals surface area contributed by atoms with Gasteiger partial charge in [-0.25, -0.2) is 12.7 Å². The molecule has 2 aliphatic heterocycles. The van der Waals surface area contributed by atoms with Crippen LogP contribution in [-0.2, 0) is 20.6 Å². The van der Waals surface area contributed by atoms with E-state index in [0.29, 0.717) is 44.9 Å². The van der Waals surface area contributed by atoms with E-state index in [0.717, 1.165) is 21.3 Å². The topological polar surface area (TPSA) is 84.9 Å². The second-order valence-electron chi connectivity index (χ2n) is 8.19. The second-order valence-corrected chi connectivity index (χ2v) is 11.1. The predicted molar refractivity (Wildman–Crippen MR) is 125 cm³/mol. The molecule has 0 unspecified atom stereocenters. The van der Waals surface area contributed by atoms with Gasteiger partial charge in [0, 0.05) is 23.5 Å². The summed E-state index contributed by atoms with van der Waals surface area (Å²) in [5.74, 6) is 1.14. The highest BCUT2D eigenvalue weighted by Gasteiger charge is 2.31. The fourth-order valence-corrected chi connectivity index (χ4v) is 5.85. The molecule has 2 heterocycles. The number of sulfonamides is 1. The molecule has 0 bridgehead atoms. The summed E-state index contributed by atoms with van der Waals surface area (Å²) < 4.78 is 39.2. The van der Waals surface area contributed by atoms with E-state index in [-0.39, 0.29) is 23.6 Å². The van der Waals surface area contributed by atoms with Gasteiger partial charge in [0.2, 0.25) is 15.9 Å². The summed E-state index contributed by atoms with van der Waals surface area (Å²) in [6.07, 6.45) is 1.03. The zero-order valence-electron chi connectivity index (χ0n) is 17.9. The molecular weight excluding hydrogens is 496 g/mol. The van der Waals surface area contributed by atoms with Crippen LogP contribution in [0.1, 0.15) is 36.9 Å². The number of hydrogen-bond acceptors (Lipinski definition) is 5. The SMILES string of the molecule is C[C@@H](NC(=O)C1CCN(S(=O)(=O)Cc2ccc(Br)cc2)CC1)c1ccc2c(c1)OCCO2. The highest BCUT2D eigenvalue weighted by atomic mass is 79.9. The lowest BCUT2D eigenvalue weighted by atomic mass is 9.96. The standard InChI is InChI=1S/C23H27BrN2O5S/c1-16(19-4-7-21-22(14-19)31-13-12-30-21)25-23(27)18-8-10-26(11-9-18)32(28,29)15-17-2-5-20(24)6-3-17/h2-7,14,16,18H,8-13,15H2,1H3,(H,25,27)/t16-/m1/s1. The number of rotatable bonds is 6. The quantitative estimate of drug-likeness (QED) is 0.625. The van der Waals surface area contributed by atoms with Crippen LogP contribution in [0.4, 0.5) is 0 Å². The van der Waals surface area contributed by atoms with Gasteiger partial charge in [0.05, 0.1) is 11.8 Å². The fourth-order valence-electron chi connectivity index (χ4n) is 4.02. The Morgan fingerprint density at radius 1 is 1.09 bits per heavy atom. The average Bonchev–Trinajstić information content (AvgIpc) is 2.80. The molecule has 0 spiro atoms. The third-order valence-corrected chi connectivity index (χ3v) is 8.28. The summed E-state index contributed by atoms with van der Waals surface area (Å²) in [4.78, 5) is 12.8. The molecule has 7 nitrogen and oxygen atoms in total. The molecule has 32 heavy (non-hydrogen) atoms. The average molecular weight is 523 g/mol. The van der Waals surface area contributed by atoms with E-state index in [4.69, 9.17) is 9.47 Å². The molecule has 172 valence electrons. The minimum atomic E-state index is -3.41. The van der Waals surface area contributed by atoms with Crippen molar-refractivity contribution in [2.45, 2.75) is 31.6 Å². The Labute approximate surface area is 197 Å². The maximum Gasteiger partial charge on any atom is 0.223 e. The summed E-state index contributed by atoms with van der Waals surface area (Å²) in [5.41, 5.74) is 1.69. The van der Waals surface area contributed by atoms with Crippen molar-refractivity contribution < 1.29 is 22.7 Å². The van der Waals surface area contributed by atoms with Gasteiger partial charge in [-0.1, -0.05) is 34.1 Å². The van der Waals surface area contributed by atoms with Crippen LogP contribution in [-0.4, -0.2) is 44.9 Å². The van der Waals surface area contributed by atoms with Crippen molar-refractivity contribution in [1.29, 1.82) is 0 Å². The van der Waals surface area contributed by atoms with Crippen LogP contribution in [0.15, 0.2) is 46.9 Å². The predicted octanol–water partition coefficient (Wildman–Crippen LogP) is 3.64. The van der Waals surface area contributed by atoms with Gasteiger partial charge in [-0.2, -0.15) is 0 Å². The number of fused-ring (bicyclic) bond motifs is 1. The van der Waals surface area contributed by atoms with Crippen LogP contribution in [0, 0.1) is 5.92 Å². The summed E-state index contributed by atoms with van der Waals surface area (Å²) in [6.45, 7) is 3.70. The number of hydrogen-bond donors (Lipinski definition) is 1. The fraction of sp³-hybridized carbons (Fsp3) is 0.435. The van der Waals surface area contributed by atoms with E-state index >= 15 is 0 Å². The van der Waals surface area contributed by atoms with E-state index in [1.807, 2.05) is 37.3 Å². The van der Waals surface area contributed by atoms with Crippen LogP contribution < -0.4 is 14.8 Å². The Morgan fingerprint density at radius 2 is 1.75 bits per heavy atom. The Morgan fingerprint density at radius 3 is 2.44 bits per heavy atom. The highest BCUT2D eigenvalue weighted by Crippen LogP contribution is 2.33. The maximum atomic E-state index is 12.8. The van der Waals surface area contributed by atoms with Gasteiger partial charge in [0.25, 0.3) is 0 Å². The smallest absolute Gasteiger partial charge is 0.223 e. The highest BCUT2D eigenvalue weighted by molar-refractivity contribution is 9.10. The minimum Gasteiger partial charge on any atom is -0.486 e. The molecule has 1 N–H and O–H groups in total. The molecule has 1 amide bonds. The summed E-state index contributed by atoms with van der Waals surface area (Å²) in [7, 11) is -3.41. The van der Waals surface area contributed by atoms with Crippen LogP contribution in [0.3, 0.4) is 0 Å². The van der Waals surface area contributed by atoms with Crippen molar-refractivity contribution in [2.24, 2.45) is 5.92 Å². The molecule has 0 aliphatic carbocycles. The van der Waals surface area contributed by atoms with Crippen LogP contribution >= 0.6 is 15.9 Å². The molecule has 1 fully saturated rings. The summed E-state index contributed by atoms with van der Waals surface area (Å²) in [5, 5.41) is 3.06. The number of ether oxygens (including phenoxy) is 2. The third-order valence-electron chi connectivity index (χ3n) is 5.91. The van der Waals surface area contributed by atoms with E-state index in [9.17, 15) is 13.2 Å². The molecule has 1 atom stereocenters. The molecule has 9 heteroatoms. The van der Waals surface area contributed by atoms with Gasteiger partial charge in [0.1, 0.15) is 13.2 Å². The van der Waals surface area contributed by atoms with E-state index in [1.54, 1.807) is 12.1 Å². The van der Waals surface area contributed by atoms with Gasteiger partial charge in [0.15, 0.2) is 11.5 Å². The Kier molecular flexibility index (Phi) is 7.07. The molecule has 2 aromatic carbocycles. The van der Waals surface area contributed by atoms with Gasteiger partial charge in [-0.3, -0.25) is 4.79 Å². The molecule has 4 rings (SSSR count). The van der Waals surface area contributed by atoms with Crippen molar-refractivity contribution in [3.8, 4) is 11.5 Å². The van der Waals surface area contributed by atoms with Crippen LogP contribution in [0.5, 0.6) is 11.5 Å². The zero-order valence-corrected chi connectivity index (χ0v) is 20.3. The minimum absolute atomic E-state index is 0.0295. The molecule has 1 saturated heterocycles. The lowest BCUT2D eigenvalue weighted by Gasteiger charge is -2.31.